The van der Waals surface area contributed by atoms with E-state index in [0.29, 0.717) is 0 Å². The summed E-state index contributed by atoms with van der Waals surface area (Å²) < 4.78 is 31.7. The Kier molecular flexibility index (Phi) is 5.20. The van der Waals surface area contributed by atoms with Gasteiger partial charge in [-0.2, -0.15) is 8.42 Å². The molecule has 1 amide bonds. The van der Waals surface area contributed by atoms with Crippen LogP contribution in [0, 0.1) is 5.92 Å². The smallest absolute Gasteiger partial charge is 0.407 e. The Hall–Kier alpha value is -0.820. The van der Waals surface area contributed by atoms with E-state index in [-0.39, 0.29) is 18.6 Å². The predicted molar refractivity (Wildman–Crippen MR) is 71.3 cm³/mol. The molecule has 1 N–H and O–H groups in total. The molecule has 1 aliphatic rings. The molecule has 0 heterocycles. The number of nitrogens with one attached hydrogen (secondary N) is 1. The van der Waals surface area contributed by atoms with Crippen LogP contribution in [0.4, 0.5) is 4.79 Å². The maximum Gasteiger partial charge on any atom is 0.407 e. The van der Waals surface area contributed by atoms with Crippen molar-refractivity contribution in [2.75, 3.05) is 12.9 Å². The lowest BCUT2D eigenvalue weighted by molar-refractivity contribution is 0.0503. The van der Waals surface area contributed by atoms with Crippen LogP contribution >= 0.6 is 0 Å². The molecule has 1 aliphatic carbocycles. The number of amides is 1. The minimum absolute atomic E-state index is 0.0306. The second-order valence-corrected chi connectivity index (χ2v) is 7.65. The average molecular weight is 293 g/mol. The molecule has 2 atom stereocenters. The highest BCUT2D eigenvalue weighted by molar-refractivity contribution is 7.85. The van der Waals surface area contributed by atoms with Crippen LogP contribution in [0.3, 0.4) is 0 Å². The van der Waals surface area contributed by atoms with Gasteiger partial charge in [-0.05, 0) is 46.0 Å². The lowest BCUT2D eigenvalue weighted by atomic mass is 10.1. The van der Waals surface area contributed by atoms with Crippen LogP contribution in [0.25, 0.3) is 0 Å². The van der Waals surface area contributed by atoms with Crippen LogP contribution in [-0.4, -0.2) is 39.0 Å². The van der Waals surface area contributed by atoms with E-state index in [2.05, 4.69) is 5.32 Å². The lowest BCUT2D eigenvalue weighted by Gasteiger charge is -2.21. The summed E-state index contributed by atoms with van der Waals surface area (Å²) in [4.78, 5) is 11.6. The van der Waals surface area contributed by atoms with E-state index >= 15 is 0 Å². The molecule has 112 valence electrons. The van der Waals surface area contributed by atoms with E-state index in [4.69, 9.17) is 8.92 Å². The molecule has 1 fully saturated rings. The van der Waals surface area contributed by atoms with Gasteiger partial charge in [0, 0.05) is 6.04 Å². The van der Waals surface area contributed by atoms with Crippen molar-refractivity contribution >= 4 is 16.2 Å². The Morgan fingerprint density at radius 3 is 2.47 bits per heavy atom. The van der Waals surface area contributed by atoms with Crippen molar-refractivity contribution in [3.05, 3.63) is 0 Å². The van der Waals surface area contributed by atoms with Crippen LogP contribution in [0.1, 0.15) is 40.0 Å². The Bertz CT molecular complexity index is 412. The Morgan fingerprint density at radius 2 is 1.95 bits per heavy atom. The third kappa shape index (κ3) is 7.37. The molecule has 0 aromatic heterocycles. The number of carbonyl (C=O) groups excluding carboxylic acids is 1. The van der Waals surface area contributed by atoms with Gasteiger partial charge in [-0.15, -0.1) is 0 Å². The molecular formula is C12H23NO5S. The third-order valence-corrected chi connectivity index (χ3v) is 3.34. The highest BCUT2D eigenvalue weighted by atomic mass is 32.2. The van der Waals surface area contributed by atoms with Gasteiger partial charge in [-0.1, -0.05) is 0 Å². The van der Waals surface area contributed by atoms with Gasteiger partial charge in [0.05, 0.1) is 12.9 Å². The van der Waals surface area contributed by atoms with Crippen molar-refractivity contribution in [3.63, 3.8) is 0 Å². The maximum atomic E-state index is 11.6. The quantitative estimate of drug-likeness (QED) is 0.797. The highest BCUT2D eigenvalue weighted by Crippen LogP contribution is 2.26. The first-order valence-corrected chi connectivity index (χ1v) is 8.21. The third-order valence-electron chi connectivity index (χ3n) is 2.78. The summed E-state index contributed by atoms with van der Waals surface area (Å²) in [6.07, 6.45) is 2.99. The fourth-order valence-corrected chi connectivity index (χ4v) is 2.49. The minimum Gasteiger partial charge on any atom is -0.444 e. The molecule has 0 aromatic carbocycles. The lowest BCUT2D eigenvalue weighted by Crippen LogP contribution is -2.38. The molecule has 0 unspecified atom stereocenters. The Balaban J connectivity index is 2.30. The standard InChI is InChI=1S/C12H23NO5S/c1-12(2,3)18-11(14)13-10-6-5-9(7-10)8-17-19(4,15)16/h9-10H,5-8H2,1-4H3,(H,13,14)/t9-,10-/m0/s1. The number of carbonyl (C=O) groups is 1. The van der Waals surface area contributed by atoms with Gasteiger partial charge in [-0.25, -0.2) is 4.79 Å². The normalized spacial score (nSPS) is 24.2. The Morgan fingerprint density at radius 1 is 1.32 bits per heavy atom. The van der Waals surface area contributed by atoms with Crippen LogP contribution in [-0.2, 0) is 19.0 Å². The molecule has 1 rings (SSSR count). The summed E-state index contributed by atoms with van der Waals surface area (Å²) in [7, 11) is -3.39. The van der Waals surface area contributed by atoms with E-state index in [1.54, 1.807) is 0 Å². The molecule has 0 spiro atoms. The van der Waals surface area contributed by atoms with Crippen LogP contribution in [0.5, 0.6) is 0 Å². The van der Waals surface area contributed by atoms with Gasteiger partial charge in [0.25, 0.3) is 10.1 Å². The van der Waals surface area contributed by atoms with Gasteiger partial charge in [0.2, 0.25) is 0 Å². The monoisotopic (exact) mass is 293 g/mol. The number of alkyl carbamates (subject to hydrolysis) is 1. The van der Waals surface area contributed by atoms with Gasteiger partial charge in [0.1, 0.15) is 5.60 Å². The fourth-order valence-electron chi connectivity index (χ4n) is 2.05. The van der Waals surface area contributed by atoms with Crippen molar-refractivity contribution in [2.24, 2.45) is 5.92 Å². The molecule has 0 radical (unpaired) electrons. The summed E-state index contributed by atoms with van der Waals surface area (Å²) >= 11 is 0. The van der Waals surface area contributed by atoms with Gasteiger partial charge in [-0.3, -0.25) is 4.18 Å². The van der Waals surface area contributed by atoms with Crippen molar-refractivity contribution in [2.45, 2.75) is 51.7 Å². The first-order chi connectivity index (χ1) is 8.55. The predicted octanol–water partition coefficient (Wildman–Crippen LogP) is 1.66. The number of ether oxygens (including phenoxy) is 1. The van der Waals surface area contributed by atoms with E-state index in [1.165, 1.54) is 0 Å². The molecule has 6 nitrogen and oxygen atoms in total. The summed E-state index contributed by atoms with van der Waals surface area (Å²) in [5, 5.41) is 2.80. The molecule has 0 bridgehead atoms. The molecule has 19 heavy (non-hydrogen) atoms. The topological polar surface area (TPSA) is 81.7 Å². The highest BCUT2D eigenvalue weighted by Gasteiger charge is 2.28. The molecule has 0 aromatic rings. The number of hydrogen-bond donors (Lipinski definition) is 1. The van der Waals surface area contributed by atoms with Crippen LogP contribution in [0.15, 0.2) is 0 Å². The average Bonchev–Trinajstić information content (AvgIpc) is 2.58. The maximum absolute atomic E-state index is 11.6. The van der Waals surface area contributed by atoms with Crippen molar-refractivity contribution < 1.29 is 22.1 Å². The summed E-state index contributed by atoms with van der Waals surface area (Å²) in [6.45, 7) is 5.61. The van der Waals surface area contributed by atoms with E-state index in [9.17, 15) is 13.2 Å². The zero-order valence-electron chi connectivity index (χ0n) is 11.9. The SMILES string of the molecule is CC(C)(C)OC(=O)N[C@H]1CC[C@H](COS(C)(=O)=O)C1. The first-order valence-electron chi connectivity index (χ1n) is 6.39. The molecule has 7 heteroatoms. The van der Waals surface area contributed by atoms with Gasteiger partial charge < -0.3 is 10.1 Å². The summed E-state index contributed by atoms with van der Waals surface area (Å²) in [6, 6.07) is 0.0306. The Labute approximate surface area is 115 Å². The molecular weight excluding hydrogens is 270 g/mol. The van der Waals surface area contributed by atoms with E-state index in [1.807, 2.05) is 20.8 Å². The second-order valence-electron chi connectivity index (χ2n) is 6.01. The minimum atomic E-state index is -3.39. The van der Waals surface area contributed by atoms with E-state index in [0.717, 1.165) is 25.5 Å². The second kappa shape index (κ2) is 6.09. The van der Waals surface area contributed by atoms with Crippen LogP contribution < -0.4 is 5.32 Å². The van der Waals surface area contributed by atoms with E-state index < -0.39 is 21.8 Å². The number of rotatable bonds is 4. The van der Waals surface area contributed by atoms with Crippen molar-refractivity contribution in [3.8, 4) is 0 Å². The summed E-state index contributed by atoms with van der Waals surface area (Å²) in [5.74, 6) is 0.162. The first kappa shape index (κ1) is 16.2. The largest absolute Gasteiger partial charge is 0.444 e. The fraction of sp³-hybridized carbons (Fsp3) is 0.917. The summed E-state index contributed by atoms with van der Waals surface area (Å²) in [5.41, 5.74) is -0.512. The molecule has 0 aliphatic heterocycles. The molecule has 1 saturated carbocycles. The van der Waals surface area contributed by atoms with Gasteiger partial charge >= 0.3 is 6.09 Å². The molecule has 0 saturated heterocycles. The zero-order valence-corrected chi connectivity index (χ0v) is 12.7. The zero-order chi connectivity index (χ0) is 14.7. The van der Waals surface area contributed by atoms with Crippen molar-refractivity contribution in [1.82, 2.24) is 5.32 Å². The van der Waals surface area contributed by atoms with Crippen molar-refractivity contribution in [1.29, 1.82) is 0 Å². The number of hydrogen-bond acceptors (Lipinski definition) is 5. The van der Waals surface area contributed by atoms with Crippen LogP contribution in [0.2, 0.25) is 0 Å². The van der Waals surface area contributed by atoms with Gasteiger partial charge in [0.15, 0.2) is 0 Å².